The molecule has 3 aromatic rings. The van der Waals surface area contributed by atoms with Crippen LogP contribution in [-0.4, -0.2) is 36.1 Å². The lowest BCUT2D eigenvalue weighted by molar-refractivity contribution is -0.125. The lowest BCUT2D eigenvalue weighted by Crippen LogP contribution is -2.41. The van der Waals surface area contributed by atoms with Crippen LogP contribution in [0.2, 0.25) is 0 Å². The molecule has 7 heteroatoms. The van der Waals surface area contributed by atoms with Gasteiger partial charge in [0.05, 0.1) is 7.11 Å². The number of rotatable bonds is 7. The van der Waals surface area contributed by atoms with Crippen LogP contribution < -0.4 is 15.0 Å². The number of hydrogen-bond donors (Lipinski definition) is 1. The molecule has 0 unspecified atom stereocenters. The van der Waals surface area contributed by atoms with Gasteiger partial charge in [0.15, 0.2) is 5.82 Å². The van der Waals surface area contributed by atoms with Gasteiger partial charge in [-0.25, -0.2) is 9.97 Å². The Balaban J connectivity index is 1.34. The number of benzene rings is 2. The summed E-state index contributed by atoms with van der Waals surface area (Å²) in [5.74, 6) is 1.80. The van der Waals surface area contributed by atoms with E-state index in [-0.39, 0.29) is 11.8 Å². The first kappa shape index (κ1) is 21.2. The highest BCUT2D eigenvalue weighted by molar-refractivity contribution is 7.99. The van der Waals surface area contributed by atoms with Gasteiger partial charge in [-0.1, -0.05) is 48.2 Å². The van der Waals surface area contributed by atoms with Crippen molar-refractivity contribution >= 4 is 23.5 Å². The van der Waals surface area contributed by atoms with Gasteiger partial charge in [-0.15, -0.1) is 0 Å². The topological polar surface area (TPSA) is 67.3 Å². The van der Waals surface area contributed by atoms with Crippen molar-refractivity contribution in [2.24, 2.45) is 5.92 Å². The third kappa shape index (κ3) is 5.35. The van der Waals surface area contributed by atoms with Crippen molar-refractivity contribution in [1.29, 1.82) is 0 Å². The van der Waals surface area contributed by atoms with Crippen LogP contribution in [0.5, 0.6) is 5.75 Å². The van der Waals surface area contributed by atoms with E-state index >= 15 is 0 Å². The Morgan fingerprint density at radius 2 is 1.77 bits per heavy atom. The first-order valence-corrected chi connectivity index (χ1v) is 11.2. The number of ether oxygens (including phenoxy) is 1. The lowest BCUT2D eigenvalue weighted by atomic mass is 9.96. The lowest BCUT2D eigenvalue weighted by Gasteiger charge is -2.32. The van der Waals surface area contributed by atoms with E-state index < -0.39 is 0 Å². The fraction of sp³-hybridized carbons (Fsp3) is 0.292. The third-order valence-corrected chi connectivity index (χ3v) is 6.40. The highest BCUT2D eigenvalue weighted by Crippen LogP contribution is 2.33. The zero-order valence-corrected chi connectivity index (χ0v) is 18.3. The number of nitrogens with one attached hydrogen (secondary N) is 1. The van der Waals surface area contributed by atoms with Crippen molar-refractivity contribution in [2.75, 3.05) is 25.1 Å². The second-order valence-corrected chi connectivity index (χ2v) is 8.45. The molecule has 0 spiro atoms. The Morgan fingerprint density at radius 1 is 1.06 bits per heavy atom. The van der Waals surface area contributed by atoms with Crippen molar-refractivity contribution in [3.63, 3.8) is 0 Å². The average Bonchev–Trinajstić information content (AvgIpc) is 2.84. The second kappa shape index (κ2) is 10.3. The van der Waals surface area contributed by atoms with E-state index in [1.165, 1.54) is 0 Å². The van der Waals surface area contributed by atoms with Crippen molar-refractivity contribution in [2.45, 2.75) is 29.3 Å². The van der Waals surface area contributed by atoms with E-state index in [0.29, 0.717) is 6.54 Å². The molecule has 2 aromatic carbocycles. The van der Waals surface area contributed by atoms with Gasteiger partial charge in [0.2, 0.25) is 5.91 Å². The molecule has 31 heavy (non-hydrogen) atoms. The largest absolute Gasteiger partial charge is 0.496 e. The minimum Gasteiger partial charge on any atom is -0.496 e. The van der Waals surface area contributed by atoms with Gasteiger partial charge >= 0.3 is 0 Å². The standard InChI is InChI=1S/C24H26N4O2S/c1-30-21-10-6-5-7-19(21)17-27-23(29)18-11-15-28(16-12-18)22-24(26-14-13-25-22)31-20-8-3-2-4-9-20/h2-10,13-14,18H,11-12,15-17H2,1H3,(H,27,29). The minimum atomic E-state index is 0.00727. The Morgan fingerprint density at radius 3 is 2.55 bits per heavy atom. The summed E-state index contributed by atoms with van der Waals surface area (Å²) in [4.78, 5) is 25.2. The molecule has 2 heterocycles. The first-order valence-electron chi connectivity index (χ1n) is 10.4. The van der Waals surface area contributed by atoms with E-state index in [0.717, 1.165) is 53.0 Å². The maximum absolute atomic E-state index is 12.7. The quantitative estimate of drug-likeness (QED) is 0.602. The molecule has 1 N–H and O–H groups in total. The van der Waals surface area contributed by atoms with Crippen molar-refractivity contribution in [1.82, 2.24) is 15.3 Å². The number of carbonyl (C=O) groups excluding carboxylic acids is 1. The van der Waals surface area contributed by atoms with Gasteiger partial charge in [0, 0.05) is 48.4 Å². The Labute approximate surface area is 187 Å². The molecule has 1 aliphatic heterocycles. The van der Waals surface area contributed by atoms with E-state index in [1.807, 2.05) is 42.5 Å². The molecule has 0 saturated carbocycles. The number of methoxy groups -OCH3 is 1. The highest BCUT2D eigenvalue weighted by atomic mass is 32.2. The number of anilines is 1. The molecule has 160 valence electrons. The maximum atomic E-state index is 12.7. The summed E-state index contributed by atoms with van der Waals surface area (Å²) >= 11 is 1.62. The predicted octanol–water partition coefficient (Wildman–Crippen LogP) is 4.17. The molecule has 1 fully saturated rings. The van der Waals surface area contributed by atoms with Gasteiger partial charge in [0.1, 0.15) is 10.8 Å². The molecular weight excluding hydrogens is 408 g/mol. The molecule has 1 amide bonds. The van der Waals surface area contributed by atoms with Crippen molar-refractivity contribution < 1.29 is 9.53 Å². The average molecular weight is 435 g/mol. The fourth-order valence-electron chi connectivity index (χ4n) is 3.74. The zero-order valence-electron chi connectivity index (χ0n) is 17.5. The van der Waals surface area contributed by atoms with Crippen LogP contribution in [0.15, 0.2) is 76.9 Å². The van der Waals surface area contributed by atoms with Gasteiger partial charge in [-0.3, -0.25) is 4.79 Å². The Hall–Kier alpha value is -3.06. The normalized spacial score (nSPS) is 14.3. The molecular formula is C24H26N4O2S. The monoisotopic (exact) mass is 434 g/mol. The molecule has 1 aromatic heterocycles. The van der Waals surface area contributed by atoms with Gasteiger partial charge in [-0.05, 0) is 31.0 Å². The van der Waals surface area contributed by atoms with Crippen LogP contribution in [-0.2, 0) is 11.3 Å². The summed E-state index contributed by atoms with van der Waals surface area (Å²) in [6.07, 6.45) is 5.05. The molecule has 1 aliphatic rings. The SMILES string of the molecule is COc1ccccc1CNC(=O)C1CCN(c2nccnc2Sc2ccccc2)CC1. The van der Waals surface area contributed by atoms with Gasteiger partial charge in [-0.2, -0.15) is 0 Å². The van der Waals surface area contributed by atoms with Gasteiger partial charge in [0.25, 0.3) is 0 Å². The second-order valence-electron chi connectivity index (χ2n) is 7.39. The van der Waals surface area contributed by atoms with E-state index in [1.54, 1.807) is 31.3 Å². The number of amides is 1. The van der Waals surface area contributed by atoms with Crippen molar-refractivity contribution in [3.05, 3.63) is 72.6 Å². The van der Waals surface area contributed by atoms with E-state index in [9.17, 15) is 4.79 Å². The van der Waals surface area contributed by atoms with Crippen LogP contribution in [0, 0.1) is 5.92 Å². The molecule has 0 atom stereocenters. The van der Waals surface area contributed by atoms with E-state index in [2.05, 4.69) is 32.3 Å². The Bertz CT molecular complexity index is 1010. The summed E-state index contributed by atoms with van der Waals surface area (Å²) < 4.78 is 5.37. The summed E-state index contributed by atoms with van der Waals surface area (Å²) in [6.45, 7) is 2.05. The summed E-state index contributed by atoms with van der Waals surface area (Å²) in [5, 5.41) is 3.97. The van der Waals surface area contributed by atoms with Gasteiger partial charge < -0.3 is 15.0 Å². The first-order chi connectivity index (χ1) is 15.2. The van der Waals surface area contributed by atoms with E-state index in [4.69, 9.17) is 4.74 Å². The predicted molar refractivity (Wildman–Crippen MR) is 122 cm³/mol. The number of carbonyl (C=O) groups is 1. The van der Waals surface area contributed by atoms with Crippen LogP contribution in [0.25, 0.3) is 0 Å². The van der Waals surface area contributed by atoms with Crippen LogP contribution in [0.3, 0.4) is 0 Å². The summed E-state index contributed by atoms with van der Waals surface area (Å²) in [6, 6.07) is 18.0. The summed E-state index contributed by atoms with van der Waals surface area (Å²) in [7, 11) is 1.65. The molecule has 0 aliphatic carbocycles. The smallest absolute Gasteiger partial charge is 0.223 e. The Kier molecular flexibility index (Phi) is 7.04. The fourth-order valence-corrected chi connectivity index (χ4v) is 4.64. The molecule has 6 nitrogen and oxygen atoms in total. The van der Waals surface area contributed by atoms with Crippen molar-refractivity contribution in [3.8, 4) is 5.75 Å². The third-order valence-electron chi connectivity index (χ3n) is 5.42. The molecule has 4 rings (SSSR count). The van der Waals surface area contributed by atoms with Crippen LogP contribution in [0.4, 0.5) is 5.82 Å². The number of hydrogen-bond acceptors (Lipinski definition) is 6. The maximum Gasteiger partial charge on any atom is 0.223 e. The molecule has 1 saturated heterocycles. The molecule has 0 bridgehead atoms. The number of para-hydroxylation sites is 1. The minimum absolute atomic E-state index is 0.00727. The number of aromatic nitrogens is 2. The highest BCUT2D eigenvalue weighted by Gasteiger charge is 2.27. The summed E-state index contributed by atoms with van der Waals surface area (Å²) in [5.41, 5.74) is 0.984. The number of nitrogens with zero attached hydrogens (tertiary/aromatic N) is 3. The number of piperidine rings is 1. The van der Waals surface area contributed by atoms with Crippen LogP contribution >= 0.6 is 11.8 Å². The zero-order chi connectivity index (χ0) is 21.5. The molecule has 0 radical (unpaired) electrons. The van der Waals surface area contributed by atoms with Crippen LogP contribution in [0.1, 0.15) is 18.4 Å².